The van der Waals surface area contributed by atoms with Gasteiger partial charge in [-0.1, -0.05) is 17.3 Å². The van der Waals surface area contributed by atoms with Gasteiger partial charge < -0.3 is 19.9 Å². The van der Waals surface area contributed by atoms with E-state index in [2.05, 4.69) is 30.5 Å². The van der Waals surface area contributed by atoms with Gasteiger partial charge in [-0.3, -0.25) is 0 Å². The number of nitrogens with zero attached hydrogens (tertiary/aromatic N) is 7. The Morgan fingerprint density at radius 3 is 2.75 bits per heavy atom. The van der Waals surface area contributed by atoms with Crippen LogP contribution >= 0.6 is 0 Å². The Morgan fingerprint density at radius 1 is 1.18 bits per heavy atom. The van der Waals surface area contributed by atoms with Crippen molar-refractivity contribution < 1.29 is 9.53 Å². The molecular formula is C18H22N8O2. The van der Waals surface area contributed by atoms with E-state index < -0.39 is 0 Å². The Morgan fingerprint density at radius 2 is 1.96 bits per heavy atom. The average Bonchev–Trinajstić information content (AvgIpc) is 3.11. The van der Waals surface area contributed by atoms with Crippen molar-refractivity contribution >= 4 is 28.7 Å². The maximum absolute atomic E-state index is 12.7. The number of rotatable bonds is 4. The molecule has 10 heteroatoms. The third-order valence-corrected chi connectivity index (χ3v) is 4.66. The van der Waals surface area contributed by atoms with Gasteiger partial charge in [0.2, 0.25) is 0 Å². The smallest absolute Gasteiger partial charge is 0.322 e. The highest BCUT2D eigenvalue weighted by Crippen LogP contribution is 2.25. The summed E-state index contributed by atoms with van der Waals surface area (Å²) in [5, 5.41) is 11.1. The zero-order valence-corrected chi connectivity index (χ0v) is 15.9. The van der Waals surface area contributed by atoms with Crippen molar-refractivity contribution in [1.29, 1.82) is 0 Å². The molecule has 2 amide bonds. The minimum atomic E-state index is -0.140. The first-order valence-corrected chi connectivity index (χ1v) is 9.20. The Bertz CT molecular complexity index is 981. The summed E-state index contributed by atoms with van der Waals surface area (Å²) in [5.74, 6) is 1.42. The highest BCUT2D eigenvalue weighted by Gasteiger charge is 2.25. The molecule has 0 unspecified atom stereocenters. The largest absolute Gasteiger partial charge is 0.492 e. The molecule has 1 fully saturated rings. The van der Waals surface area contributed by atoms with Crippen LogP contribution in [0.5, 0.6) is 5.75 Å². The summed E-state index contributed by atoms with van der Waals surface area (Å²) in [5.41, 5.74) is 2.04. The highest BCUT2D eigenvalue weighted by atomic mass is 16.5. The molecule has 0 bridgehead atoms. The molecule has 4 rings (SSSR count). The predicted octanol–water partition coefficient (Wildman–Crippen LogP) is 1.51. The molecule has 0 radical (unpaired) electrons. The fourth-order valence-electron chi connectivity index (χ4n) is 3.24. The maximum atomic E-state index is 12.7. The van der Waals surface area contributed by atoms with Crippen molar-refractivity contribution in [2.45, 2.75) is 6.92 Å². The first-order valence-electron chi connectivity index (χ1n) is 9.20. The summed E-state index contributed by atoms with van der Waals surface area (Å²) in [6.07, 6.45) is 1.52. The number of aryl methyl sites for hydroxylation is 1. The minimum absolute atomic E-state index is 0.140. The van der Waals surface area contributed by atoms with Gasteiger partial charge in [0.1, 0.15) is 12.1 Å². The lowest BCUT2D eigenvalue weighted by Gasteiger charge is -2.35. The number of carbonyl (C=O) groups is 1. The fourth-order valence-corrected chi connectivity index (χ4v) is 3.24. The summed E-state index contributed by atoms with van der Waals surface area (Å²) < 4.78 is 7.20. The van der Waals surface area contributed by atoms with Crippen LogP contribution in [0, 0.1) is 0 Å². The maximum Gasteiger partial charge on any atom is 0.322 e. The van der Waals surface area contributed by atoms with E-state index >= 15 is 0 Å². The molecular weight excluding hydrogens is 360 g/mol. The van der Waals surface area contributed by atoms with Crippen molar-refractivity contribution in [2.24, 2.45) is 7.05 Å². The first-order chi connectivity index (χ1) is 13.7. The van der Waals surface area contributed by atoms with Gasteiger partial charge in [-0.05, 0) is 19.1 Å². The van der Waals surface area contributed by atoms with Crippen molar-refractivity contribution in [3.05, 3.63) is 30.6 Å². The van der Waals surface area contributed by atoms with Gasteiger partial charge in [0.05, 0.1) is 12.3 Å². The van der Waals surface area contributed by atoms with Gasteiger partial charge in [0.15, 0.2) is 17.0 Å². The highest BCUT2D eigenvalue weighted by molar-refractivity contribution is 5.91. The molecule has 28 heavy (non-hydrogen) atoms. The van der Waals surface area contributed by atoms with Gasteiger partial charge in [-0.2, -0.15) is 0 Å². The monoisotopic (exact) mass is 382 g/mol. The lowest BCUT2D eigenvalue weighted by molar-refractivity contribution is 0.208. The number of aromatic nitrogens is 5. The van der Waals surface area contributed by atoms with Gasteiger partial charge >= 0.3 is 6.03 Å². The molecule has 1 N–H and O–H groups in total. The number of carbonyl (C=O) groups excluding carboxylic acids is 1. The number of fused-ring (bicyclic) bond motifs is 1. The van der Waals surface area contributed by atoms with Crippen LogP contribution in [0.15, 0.2) is 30.6 Å². The number of ether oxygens (including phenoxy) is 1. The van der Waals surface area contributed by atoms with Gasteiger partial charge in [0, 0.05) is 33.2 Å². The molecule has 146 valence electrons. The van der Waals surface area contributed by atoms with E-state index in [0.29, 0.717) is 55.4 Å². The van der Waals surface area contributed by atoms with Crippen LogP contribution in [-0.4, -0.2) is 68.7 Å². The van der Waals surface area contributed by atoms with Crippen LogP contribution in [0.3, 0.4) is 0 Å². The molecule has 10 nitrogen and oxygen atoms in total. The van der Waals surface area contributed by atoms with E-state index in [1.807, 2.05) is 31.2 Å². The van der Waals surface area contributed by atoms with Crippen LogP contribution in [-0.2, 0) is 7.05 Å². The predicted molar refractivity (Wildman–Crippen MR) is 105 cm³/mol. The number of para-hydroxylation sites is 2. The summed E-state index contributed by atoms with van der Waals surface area (Å²) >= 11 is 0. The number of amides is 2. The molecule has 0 aliphatic carbocycles. The summed E-state index contributed by atoms with van der Waals surface area (Å²) in [7, 11) is 1.80. The number of anilines is 2. The van der Waals surface area contributed by atoms with Crippen LogP contribution in [0.1, 0.15) is 6.92 Å². The van der Waals surface area contributed by atoms with E-state index in [-0.39, 0.29) is 6.03 Å². The number of piperazine rings is 1. The van der Waals surface area contributed by atoms with Crippen molar-refractivity contribution in [2.75, 3.05) is 43.0 Å². The molecule has 0 atom stereocenters. The Balaban J connectivity index is 1.42. The SMILES string of the molecule is CCOc1ccccc1NC(=O)N1CCN(c2ncnc3c2nnn3C)CC1. The fraction of sp³-hybridized carbons (Fsp3) is 0.389. The molecule has 1 aliphatic rings. The molecule has 1 aromatic carbocycles. The average molecular weight is 382 g/mol. The standard InChI is InChI=1S/C18H22N8O2/c1-3-28-14-7-5-4-6-13(14)21-18(27)26-10-8-25(9-11-26)17-15-16(19-12-20-17)24(2)23-22-15/h4-7,12H,3,8-11H2,1-2H3,(H,21,27). The molecule has 0 saturated carbocycles. The molecule has 3 heterocycles. The number of benzene rings is 1. The summed E-state index contributed by atoms with van der Waals surface area (Å²) in [6.45, 7) is 4.93. The normalized spacial score (nSPS) is 14.4. The Kier molecular flexibility index (Phi) is 4.92. The lowest BCUT2D eigenvalue weighted by Crippen LogP contribution is -2.50. The molecule has 1 saturated heterocycles. The zero-order chi connectivity index (χ0) is 19.5. The number of hydrogen-bond donors (Lipinski definition) is 1. The Hall–Kier alpha value is -3.43. The van der Waals surface area contributed by atoms with Crippen molar-refractivity contribution in [1.82, 2.24) is 29.9 Å². The second kappa shape index (κ2) is 7.67. The van der Waals surface area contributed by atoms with Crippen LogP contribution in [0.2, 0.25) is 0 Å². The quantitative estimate of drug-likeness (QED) is 0.730. The zero-order valence-electron chi connectivity index (χ0n) is 15.9. The Labute approximate surface area is 162 Å². The number of hydrogen-bond acceptors (Lipinski definition) is 7. The van der Waals surface area contributed by atoms with Crippen LogP contribution in [0.4, 0.5) is 16.3 Å². The molecule has 1 aliphatic heterocycles. The second-order valence-corrected chi connectivity index (χ2v) is 6.42. The third-order valence-electron chi connectivity index (χ3n) is 4.66. The second-order valence-electron chi connectivity index (χ2n) is 6.42. The first kappa shape index (κ1) is 18.0. The molecule has 0 spiro atoms. The van der Waals surface area contributed by atoms with E-state index in [4.69, 9.17) is 4.74 Å². The van der Waals surface area contributed by atoms with Crippen LogP contribution in [0.25, 0.3) is 11.2 Å². The lowest BCUT2D eigenvalue weighted by atomic mass is 10.3. The summed E-state index contributed by atoms with van der Waals surface area (Å²) in [6, 6.07) is 7.30. The third kappa shape index (κ3) is 3.40. The van der Waals surface area contributed by atoms with E-state index in [9.17, 15) is 4.79 Å². The van der Waals surface area contributed by atoms with Crippen molar-refractivity contribution in [3.8, 4) is 5.75 Å². The number of nitrogens with one attached hydrogen (secondary N) is 1. The minimum Gasteiger partial charge on any atom is -0.492 e. The van der Waals surface area contributed by atoms with Crippen molar-refractivity contribution in [3.63, 3.8) is 0 Å². The summed E-state index contributed by atoms with van der Waals surface area (Å²) in [4.78, 5) is 25.2. The topological polar surface area (TPSA) is 101 Å². The van der Waals surface area contributed by atoms with Gasteiger partial charge in [-0.25, -0.2) is 19.4 Å². The number of urea groups is 1. The molecule has 3 aromatic rings. The van der Waals surface area contributed by atoms with E-state index in [1.54, 1.807) is 16.6 Å². The van der Waals surface area contributed by atoms with Crippen LogP contribution < -0.4 is 15.0 Å². The van der Waals surface area contributed by atoms with E-state index in [0.717, 1.165) is 5.82 Å². The van der Waals surface area contributed by atoms with Gasteiger partial charge in [-0.15, -0.1) is 5.10 Å². The van der Waals surface area contributed by atoms with Gasteiger partial charge in [0.25, 0.3) is 0 Å². The molecule has 2 aromatic heterocycles. The van der Waals surface area contributed by atoms with E-state index in [1.165, 1.54) is 6.33 Å².